The Hall–Kier alpha value is -1.75. The van der Waals surface area contributed by atoms with Gasteiger partial charge in [-0.05, 0) is 17.7 Å². The Kier molecular flexibility index (Phi) is 2.00. The topological polar surface area (TPSA) is 57.3 Å². The minimum Gasteiger partial charge on any atom is -0.467 e. The number of esters is 1. The van der Waals surface area contributed by atoms with Crippen LogP contribution in [0.2, 0.25) is 0 Å². The van der Waals surface area contributed by atoms with Gasteiger partial charge in [0.25, 0.3) is 0 Å². The van der Waals surface area contributed by atoms with Crippen molar-refractivity contribution in [2.24, 2.45) is 0 Å². The average molecular weight is 222 g/mol. The number of ether oxygens (including phenoxy) is 4. The Balaban J connectivity index is 1.80. The minimum atomic E-state index is -0.481. The van der Waals surface area contributed by atoms with E-state index in [1.54, 1.807) is 0 Å². The number of carbonyl (C=O) groups excluding carboxylic acids is 1. The van der Waals surface area contributed by atoms with E-state index in [1.165, 1.54) is 7.11 Å². The van der Waals surface area contributed by atoms with Crippen molar-refractivity contribution in [3.05, 3.63) is 23.8 Å². The molecule has 0 amide bonds. The molecule has 0 N–H and O–H groups in total. The third-order valence-electron chi connectivity index (χ3n) is 2.65. The van der Waals surface area contributed by atoms with Crippen LogP contribution >= 0.6 is 0 Å². The van der Waals surface area contributed by atoms with Crippen molar-refractivity contribution < 1.29 is 23.7 Å². The lowest BCUT2D eigenvalue weighted by Crippen LogP contribution is -2.09. The molecule has 0 spiro atoms. The summed E-state index contributed by atoms with van der Waals surface area (Å²) < 4.78 is 20.3. The quantitative estimate of drug-likeness (QED) is 0.552. The van der Waals surface area contributed by atoms with Crippen LogP contribution in [0.25, 0.3) is 0 Å². The molecule has 0 saturated carbocycles. The van der Waals surface area contributed by atoms with Gasteiger partial charge in [0.15, 0.2) is 17.6 Å². The molecule has 2 atom stereocenters. The fraction of sp³-hybridized carbons (Fsp3) is 0.364. The van der Waals surface area contributed by atoms with Crippen LogP contribution in [0.3, 0.4) is 0 Å². The van der Waals surface area contributed by atoms with E-state index in [1.807, 2.05) is 18.2 Å². The van der Waals surface area contributed by atoms with Gasteiger partial charge in [-0.2, -0.15) is 0 Å². The maximum Gasteiger partial charge on any atom is 0.338 e. The molecule has 3 rings (SSSR count). The third kappa shape index (κ3) is 1.40. The SMILES string of the molecule is COC(=O)[C@@H]1O[C@H]1c1ccc2c(c1)OCO2. The van der Waals surface area contributed by atoms with Crippen LogP contribution in [0.1, 0.15) is 11.7 Å². The molecule has 0 aromatic heterocycles. The van der Waals surface area contributed by atoms with Gasteiger partial charge in [-0.1, -0.05) is 6.07 Å². The molecule has 0 unspecified atom stereocenters. The van der Waals surface area contributed by atoms with Crippen molar-refractivity contribution in [2.45, 2.75) is 12.2 Å². The summed E-state index contributed by atoms with van der Waals surface area (Å²) in [6.07, 6.45) is -0.702. The Morgan fingerprint density at radius 2 is 2.19 bits per heavy atom. The molecule has 0 bridgehead atoms. The lowest BCUT2D eigenvalue weighted by atomic mass is 10.1. The number of benzene rings is 1. The van der Waals surface area contributed by atoms with E-state index in [-0.39, 0.29) is 18.9 Å². The van der Waals surface area contributed by atoms with Gasteiger partial charge >= 0.3 is 5.97 Å². The van der Waals surface area contributed by atoms with Crippen LogP contribution in [0.4, 0.5) is 0 Å². The second kappa shape index (κ2) is 3.38. The summed E-state index contributed by atoms with van der Waals surface area (Å²) in [7, 11) is 1.35. The van der Waals surface area contributed by atoms with Gasteiger partial charge < -0.3 is 18.9 Å². The van der Waals surface area contributed by atoms with E-state index < -0.39 is 6.10 Å². The normalized spacial score (nSPS) is 25.3. The summed E-state index contributed by atoms with van der Waals surface area (Å²) in [5.41, 5.74) is 0.902. The number of rotatable bonds is 2. The summed E-state index contributed by atoms with van der Waals surface area (Å²) in [6.45, 7) is 0.241. The zero-order chi connectivity index (χ0) is 11.1. The molecule has 0 radical (unpaired) electrons. The summed E-state index contributed by atoms with van der Waals surface area (Å²) >= 11 is 0. The number of carbonyl (C=O) groups is 1. The van der Waals surface area contributed by atoms with E-state index in [9.17, 15) is 4.79 Å². The van der Waals surface area contributed by atoms with Crippen LogP contribution in [0, 0.1) is 0 Å². The first-order valence-corrected chi connectivity index (χ1v) is 4.92. The molecule has 1 saturated heterocycles. The Morgan fingerprint density at radius 1 is 1.38 bits per heavy atom. The molecule has 2 aliphatic rings. The molecule has 1 aromatic carbocycles. The standard InChI is InChI=1S/C11H10O5/c1-13-11(12)10-9(16-10)6-2-3-7-8(4-6)15-5-14-7/h2-4,9-10H,5H2,1H3/t9-,10+/m0/s1. The highest BCUT2D eigenvalue weighted by Crippen LogP contribution is 2.43. The van der Waals surface area contributed by atoms with Crippen LogP contribution in [-0.4, -0.2) is 26.0 Å². The van der Waals surface area contributed by atoms with Crippen molar-refractivity contribution in [1.29, 1.82) is 0 Å². The first kappa shape index (κ1) is 9.47. The fourth-order valence-electron chi connectivity index (χ4n) is 1.75. The van der Waals surface area contributed by atoms with Crippen LogP contribution in [0.5, 0.6) is 11.5 Å². The Morgan fingerprint density at radius 3 is 3.00 bits per heavy atom. The van der Waals surface area contributed by atoms with Gasteiger partial charge in [0.2, 0.25) is 6.79 Å². The van der Waals surface area contributed by atoms with E-state index >= 15 is 0 Å². The molecule has 2 aliphatic heterocycles. The average Bonchev–Trinajstić information content (AvgIpc) is 2.98. The van der Waals surface area contributed by atoms with Gasteiger partial charge in [-0.15, -0.1) is 0 Å². The highest BCUT2D eigenvalue weighted by molar-refractivity contribution is 5.78. The molecule has 5 heteroatoms. The molecule has 0 aliphatic carbocycles. The smallest absolute Gasteiger partial charge is 0.338 e. The Labute approximate surface area is 91.9 Å². The van der Waals surface area contributed by atoms with E-state index in [4.69, 9.17) is 14.2 Å². The van der Waals surface area contributed by atoms with Gasteiger partial charge in [-0.3, -0.25) is 0 Å². The van der Waals surface area contributed by atoms with Crippen LogP contribution < -0.4 is 9.47 Å². The molecule has 2 heterocycles. The summed E-state index contributed by atoms with van der Waals surface area (Å²) in [4.78, 5) is 11.2. The summed E-state index contributed by atoms with van der Waals surface area (Å²) in [5.74, 6) is 1.07. The molecular weight excluding hydrogens is 212 g/mol. The lowest BCUT2D eigenvalue weighted by molar-refractivity contribution is -0.142. The van der Waals surface area contributed by atoms with Crippen molar-refractivity contribution in [3.8, 4) is 11.5 Å². The molecule has 84 valence electrons. The Bertz CT molecular complexity index is 442. The number of fused-ring (bicyclic) bond motifs is 1. The van der Waals surface area contributed by atoms with E-state index in [2.05, 4.69) is 4.74 Å². The predicted octanol–water partition coefficient (Wildman–Crippen LogP) is 1.03. The number of epoxide rings is 1. The number of hydrogen-bond acceptors (Lipinski definition) is 5. The minimum absolute atomic E-state index is 0.220. The highest BCUT2D eigenvalue weighted by Gasteiger charge is 2.47. The van der Waals surface area contributed by atoms with Gasteiger partial charge in [-0.25, -0.2) is 4.79 Å². The van der Waals surface area contributed by atoms with E-state index in [0.717, 1.165) is 11.3 Å². The zero-order valence-electron chi connectivity index (χ0n) is 8.64. The molecule has 1 fully saturated rings. The van der Waals surface area contributed by atoms with Crippen molar-refractivity contribution in [2.75, 3.05) is 13.9 Å². The third-order valence-corrected chi connectivity index (χ3v) is 2.65. The summed E-state index contributed by atoms with van der Waals surface area (Å²) in [6, 6.07) is 5.50. The predicted molar refractivity (Wildman–Crippen MR) is 52.2 cm³/mol. The summed E-state index contributed by atoms with van der Waals surface area (Å²) in [5, 5.41) is 0. The molecule has 5 nitrogen and oxygen atoms in total. The highest BCUT2D eigenvalue weighted by atomic mass is 16.7. The second-order valence-electron chi connectivity index (χ2n) is 3.61. The fourth-order valence-corrected chi connectivity index (χ4v) is 1.75. The largest absolute Gasteiger partial charge is 0.467 e. The van der Waals surface area contributed by atoms with Gasteiger partial charge in [0.05, 0.1) is 7.11 Å². The molecular formula is C11H10O5. The van der Waals surface area contributed by atoms with Gasteiger partial charge in [0.1, 0.15) is 6.10 Å². The molecule has 1 aromatic rings. The second-order valence-corrected chi connectivity index (χ2v) is 3.61. The van der Waals surface area contributed by atoms with E-state index in [0.29, 0.717) is 5.75 Å². The number of hydrogen-bond donors (Lipinski definition) is 0. The lowest BCUT2D eigenvalue weighted by Gasteiger charge is -1.99. The first-order valence-electron chi connectivity index (χ1n) is 4.92. The van der Waals surface area contributed by atoms with Crippen LogP contribution in [0.15, 0.2) is 18.2 Å². The maximum absolute atomic E-state index is 11.2. The zero-order valence-corrected chi connectivity index (χ0v) is 8.64. The van der Waals surface area contributed by atoms with Crippen molar-refractivity contribution in [1.82, 2.24) is 0 Å². The first-order chi connectivity index (χ1) is 7.79. The molecule has 16 heavy (non-hydrogen) atoms. The number of methoxy groups -OCH3 is 1. The maximum atomic E-state index is 11.2. The monoisotopic (exact) mass is 222 g/mol. The van der Waals surface area contributed by atoms with Crippen molar-refractivity contribution >= 4 is 5.97 Å². The van der Waals surface area contributed by atoms with Crippen molar-refractivity contribution in [3.63, 3.8) is 0 Å². The van der Waals surface area contributed by atoms with Gasteiger partial charge in [0, 0.05) is 0 Å². The van der Waals surface area contributed by atoms with Crippen LogP contribution in [-0.2, 0) is 14.3 Å².